The smallest absolute Gasteiger partial charge is 0.183 e. The number of halogens is 1. The van der Waals surface area contributed by atoms with Gasteiger partial charge >= 0.3 is 0 Å². The highest BCUT2D eigenvalue weighted by Crippen LogP contribution is 2.15. The van der Waals surface area contributed by atoms with Crippen LogP contribution >= 0.6 is 0 Å². The molecule has 0 aromatic heterocycles. The molecule has 0 amide bonds. The van der Waals surface area contributed by atoms with E-state index in [-0.39, 0.29) is 12.0 Å². The van der Waals surface area contributed by atoms with E-state index in [2.05, 4.69) is 0 Å². The Morgan fingerprint density at radius 3 is 2.38 bits per heavy atom. The highest BCUT2D eigenvalue weighted by Gasteiger charge is 2.29. The molecule has 0 fully saturated rings. The maximum atomic E-state index is 13.3. The van der Waals surface area contributed by atoms with Crippen molar-refractivity contribution in [2.45, 2.75) is 18.6 Å². The predicted molar refractivity (Wildman–Crippen MR) is 59.7 cm³/mol. The molecule has 1 rings (SSSR count). The molecule has 0 saturated carbocycles. The van der Waals surface area contributed by atoms with E-state index in [4.69, 9.17) is 0 Å². The summed E-state index contributed by atoms with van der Waals surface area (Å²) in [6.07, 6.45) is 1.13. The minimum Gasteiger partial charge on any atom is -0.293 e. The van der Waals surface area contributed by atoms with Crippen LogP contribution in [0.5, 0.6) is 0 Å². The lowest BCUT2D eigenvalue weighted by Gasteiger charge is -2.11. The average molecular weight is 244 g/mol. The second kappa shape index (κ2) is 4.74. The van der Waals surface area contributed by atoms with E-state index in [0.29, 0.717) is 0 Å². The molecule has 1 aromatic rings. The molecule has 0 heterocycles. The van der Waals surface area contributed by atoms with Gasteiger partial charge in [0.15, 0.2) is 15.6 Å². The number of hydrogen-bond donors (Lipinski definition) is 0. The summed E-state index contributed by atoms with van der Waals surface area (Å²) in [4.78, 5) is 11.8. The van der Waals surface area contributed by atoms with Crippen molar-refractivity contribution >= 4 is 15.6 Å². The molecular weight excluding hydrogens is 231 g/mol. The monoisotopic (exact) mass is 244 g/mol. The van der Waals surface area contributed by atoms with Crippen LogP contribution in [0.2, 0.25) is 0 Å². The van der Waals surface area contributed by atoms with Crippen LogP contribution in [0.25, 0.3) is 0 Å². The summed E-state index contributed by atoms with van der Waals surface area (Å²) in [5, 5.41) is -1.16. The lowest BCUT2D eigenvalue weighted by atomic mass is 10.1. The Bertz CT molecular complexity index is 494. The first-order valence-electron chi connectivity index (χ1n) is 4.85. The number of benzene rings is 1. The highest BCUT2D eigenvalue weighted by molar-refractivity contribution is 7.92. The lowest BCUT2D eigenvalue weighted by molar-refractivity contribution is 0.0981. The first-order chi connectivity index (χ1) is 7.38. The minimum atomic E-state index is -3.50. The third-order valence-electron chi connectivity index (χ3n) is 2.32. The summed E-state index contributed by atoms with van der Waals surface area (Å²) >= 11 is 0. The molecule has 0 radical (unpaired) electrons. The highest BCUT2D eigenvalue weighted by atomic mass is 32.2. The largest absolute Gasteiger partial charge is 0.293 e. The second-order valence-corrected chi connectivity index (χ2v) is 5.80. The third kappa shape index (κ3) is 2.66. The molecular formula is C11H13FO3S. The van der Waals surface area contributed by atoms with E-state index in [0.717, 1.165) is 12.3 Å². The van der Waals surface area contributed by atoms with E-state index < -0.39 is 26.7 Å². The van der Waals surface area contributed by atoms with E-state index >= 15 is 0 Å². The summed E-state index contributed by atoms with van der Waals surface area (Å²) in [6, 6.07) is 5.40. The van der Waals surface area contributed by atoms with Gasteiger partial charge in [0.05, 0.1) is 5.56 Å². The van der Waals surface area contributed by atoms with Gasteiger partial charge in [-0.3, -0.25) is 4.79 Å². The molecule has 1 atom stereocenters. The van der Waals surface area contributed by atoms with Crippen molar-refractivity contribution < 1.29 is 17.6 Å². The van der Waals surface area contributed by atoms with Gasteiger partial charge in [0.1, 0.15) is 11.1 Å². The molecule has 0 bridgehead atoms. The van der Waals surface area contributed by atoms with Crippen LogP contribution in [0.4, 0.5) is 4.39 Å². The maximum absolute atomic E-state index is 13.3. The molecule has 3 nitrogen and oxygen atoms in total. The van der Waals surface area contributed by atoms with Crippen LogP contribution in [0, 0.1) is 5.82 Å². The standard InChI is InChI=1S/C11H13FO3S/c1-3-10(16(2,14)15)11(13)8-6-4-5-7-9(8)12/h4-7,10H,3H2,1-2H3/t10-/m0/s1. The molecule has 88 valence electrons. The second-order valence-electron chi connectivity index (χ2n) is 3.57. The Morgan fingerprint density at radius 1 is 1.38 bits per heavy atom. The summed E-state index contributed by atoms with van der Waals surface area (Å²) in [7, 11) is -3.50. The fourth-order valence-corrected chi connectivity index (χ4v) is 2.64. The topological polar surface area (TPSA) is 51.2 Å². The zero-order chi connectivity index (χ0) is 12.3. The van der Waals surface area contributed by atoms with Gasteiger partial charge in [-0.05, 0) is 18.6 Å². The van der Waals surface area contributed by atoms with Crippen LogP contribution in [-0.2, 0) is 9.84 Å². The quantitative estimate of drug-likeness (QED) is 0.759. The van der Waals surface area contributed by atoms with Crippen molar-refractivity contribution in [1.29, 1.82) is 0 Å². The summed E-state index contributed by atoms with van der Waals surface area (Å²) < 4.78 is 36.0. The number of rotatable bonds is 4. The van der Waals surface area contributed by atoms with E-state index in [1.165, 1.54) is 18.2 Å². The van der Waals surface area contributed by atoms with Crippen molar-refractivity contribution in [2.75, 3.05) is 6.26 Å². The van der Waals surface area contributed by atoms with Gasteiger partial charge in [0, 0.05) is 6.26 Å². The normalized spacial score (nSPS) is 13.4. The van der Waals surface area contributed by atoms with E-state index in [9.17, 15) is 17.6 Å². The fourth-order valence-electron chi connectivity index (χ4n) is 1.52. The van der Waals surface area contributed by atoms with Crippen LogP contribution in [-0.4, -0.2) is 25.7 Å². The number of carbonyl (C=O) groups is 1. The van der Waals surface area contributed by atoms with Crippen LogP contribution < -0.4 is 0 Å². The van der Waals surface area contributed by atoms with Crippen molar-refractivity contribution in [3.05, 3.63) is 35.6 Å². The van der Waals surface area contributed by atoms with Gasteiger partial charge in [0.25, 0.3) is 0 Å². The SMILES string of the molecule is CC[C@@H](C(=O)c1ccccc1F)S(C)(=O)=O. The Kier molecular flexibility index (Phi) is 3.80. The van der Waals surface area contributed by atoms with Crippen molar-refractivity contribution in [1.82, 2.24) is 0 Å². The zero-order valence-electron chi connectivity index (χ0n) is 9.10. The molecule has 16 heavy (non-hydrogen) atoms. The first-order valence-corrected chi connectivity index (χ1v) is 6.81. The molecule has 0 aliphatic rings. The van der Waals surface area contributed by atoms with Gasteiger partial charge in [0.2, 0.25) is 0 Å². The molecule has 0 N–H and O–H groups in total. The van der Waals surface area contributed by atoms with Crippen molar-refractivity contribution in [2.24, 2.45) is 0 Å². The Morgan fingerprint density at radius 2 is 1.94 bits per heavy atom. The summed E-state index contributed by atoms with van der Waals surface area (Å²) in [6.45, 7) is 1.59. The number of Topliss-reactive ketones (excluding diaryl/α,β-unsaturated/α-hetero) is 1. The summed E-state index contributed by atoms with van der Waals surface area (Å²) in [5.74, 6) is -1.36. The van der Waals surface area contributed by atoms with Gasteiger partial charge in [-0.2, -0.15) is 0 Å². The van der Waals surface area contributed by atoms with Crippen molar-refractivity contribution in [3.8, 4) is 0 Å². The van der Waals surface area contributed by atoms with Gasteiger partial charge in [-0.25, -0.2) is 12.8 Å². The van der Waals surface area contributed by atoms with Crippen molar-refractivity contribution in [3.63, 3.8) is 0 Å². The third-order valence-corrected chi connectivity index (χ3v) is 3.90. The first kappa shape index (κ1) is 12.8. The van der Waals surface area contributed by atoms with Crippen LogP contribution in [0.1, 0.15) is 23.7 Å². The number of sulfone groups is 1. The van der Waals surface area contributed by atoms with E-state index in [1.54, 1.807) is 6.92 Å². The number of hydrogen-bond acceptors (Lipinski definition) is 3. The molecule has 0 spiro atoms. The van der Waals surface area contributed by atoms with Gasteiger partial charge in [-0.15, -0.1) is 0 Å². The zero-order valence-corrected chi connectivity index (χ0v) is 9.92. The molecule has 0 unspecified atom stereocenters. The Balaban J connectivity index is 3.16. The lowest BCUT2D eigenvalue weighted by Crippen LogP contribution is -2.29. The molecule has 1 aromatic carbocycles. The predicted octanol–water partition coefficient (Wildman–Crippen LogP) is 1.83. The van der Waals surface area contributed by atoms with Gasteiger partial charge < -0.3 is 0 Å². The number of ketones is 1. The number of carbonyl (C=O) groups excluding carboxylic acids is 1. The average Bonchev–Trinajstić information content (AvgIpc) is 2.17. The molecule has 5 heteroatoms. The Hall–Kier alpha value is -1.23. The molecule has 0 aliphatic heterocycles. The van der Waals surface area contributed by atoms with E-state index in [1.807, 2.05) is 0 Å². The fraction of sp³-hybridized carbons (Fsp3) is 0.364. The molecule has 0 aliphatic carbocycles. The summed E-state index contributed by atoms with van der Waals surface area (Å²) in [5.41, 5.74) is -0.167. The van der Waals surface area contributed by atoms with Crippen LogP contribution in [0.3, 0.4) is 0 Å². The van der Waals surface area contributed by atoms with Gasteiger partial charge in [-0.1, -0.05) is 19.1 Å². The minimum absolute atomic E-state index is 0.145. The Labute approximate surface area is 94.2 Å². The maximum Gasteiger partial charge on any atom is 0.183 e. The molecule has 0 saturated heterocycles. The van der Waals surface area contributed by atoms with Crippen LogP contribution in [0.15, 0.2) is 24.3 Å².